The Labute approximate surface area is 130 Å². The van der Waals surface area contributed by atoms with Gasteiger partial charge in [-0.2, -0.15) is 0 Å². The van der Waals surface area contributed by atoms with Gasteiger partial charge in [-0.15, -0.1) is 22.0 Å². The zero-order chi connectivity index (χ0) is 14.4. The summed E-state index contributed by atoms with van der Waals surface area (Å²) in [7, 11) is 0. The summed E-state index contributed by atoms with van der Waals surface area (Å²) in [5, 5.41) is 11.4. The van der Waals surface area contributed by atoms with Gasteiger partial charge in [-0.1, -0.05) is 49.1 Å². The van der Waals surface area contributed by atoms with Crippen LogP contribution in [0.25, 0.3) is 0 Å². The fraction of sp³-hybridized carbons (Fsp3) is 0.308. The summed E-state index contributed by atoms with van der Waals surface area (Å²) < 4.78 is 0.874. The number of hydrogen-bond donors (Lipinski definition) is 1. The van der Waals surface area contributed by atoms with Gasteiger partial charge in [0.15, 0.2) is 4.34 Å². The molecule has 0 aliphatic carbocycles. The Kier molecular flexibility index (Phi) is 5.87. The van der Waals surface area contributed by atoms with Crippen LogP contribution in [0.4, 0.5) is 5.13 Å². The zero-order valence-corrected chi connectivity index (χ0v) is 13.7. The lowest BCUT2D eigenvalue weighted by Gasteiger charge is -2.06. The molecule has 1 amide bonds. The first-order chi connectivity index (χ1) is 9.74. The molecular weight excluding hydrogens is 310 g/mol. The Bertz CT molecular complexity index is 586. The summed E-state index contributed by atoms with van der Waals surface area (Å²) in [5.74, 6) is 1.74. The predicted molar refractivity (Wildman–Crippen MR) is 87.1 cm³/mol. The topological polar surface area (TPSA) is 54.9 Å². The second-order valence-electron chi connectivity index (χ2n) is 3.69. The molecular formula is C13H15N3OS3. The van der Waals surface area contributed by atoms with Gasteiger partial charge in [0.2, 0.25) is 5.13 Å². The lowest BCUT2D eigenvalue weighted by Crippen LogP contribution is -2.12. The minimum atomic E-state index is -0.134. The van der Waals surface area contributed by atoms with E-state index in [1.807, 2.05) is 24.3 Å². The first-order valence-electron chi connectivity index (χ1n) is 6.24. The highest BCUT2D eigenvalue weighted by atomic mass is 32.2. The van der Waals surface area contributed by atoms with E-state index >= 15 is 0 Å². The Balaban J connectivity index is 2.11. The Morgan fingerprint density at radius 2 is 1.95 bits per heavy atom. The number of benzene rings is 1. The molecule has 0 radical (unpaired) electrons. The van der Waals surface area contributed by atoms with Crippen LogP contribution < -0.4 is 5.32 Å². The van der Waals surface area contributed by atoms with E-state index in [4.69, 9.17) is 0 Å². The molecule has 1 aromatic heterocycles. The van der Waals surface area contributed by atoms with Gasteiger partial charge in [-0.3, -0.25) is 10.1 Å². The molecule has 0 fully saturated rings. The summed E-state index contributed by atoms with van der Waals surface area (Å²) >= 11 is 4.68. The molecule has 2 rings (SSSR count). The third kappa shape index (κ3) is 3.97. The van der Waals surface area contributed by atoms with Crippen molar-refractivity contribution in [3.63, 3.8) is 0 Å². The summed E-state index contributed by atoms with van der Waals surface area (Å²) in [6, 6.07) is 7.60. The highest BCUT2D eigenvalue weighted by molar-refractivity contribution is 8.01. The van der Waals surface area contributed by atoms with Crippen molar-refractivity contribution in [1.29, 1.82) is 0 Å². The maximum absolute atomic E-state index is 12.3. The fourth-order valence-corrected chi connectivity index (χ4v) is 3.99. The van der Waals surface area contributed by atoms with Gasteiger partial charge in [-0.05, 0) is 23.6 Å². The van der Waals surface area contributed by atoms with Crippen molar-refractivity contribution in [3.05, 3.63) is 29.8 Å². The van der Waals surface area contributed by atoms with Crippen molar-refractivity contribution in [2.75, 3.05) is 16.8 Å². The SMILES string of the molecule is CCSc1nnc(NC(=O)c2ccccc2SCC)s1. The van der Waals surface area contributed by atoms with Gasteiger partial charge in [0, 0.05) is 4.90 Å². The molecule has 2 aromatic rings. The summed E-state index contributed by atoms with van der Waals surface area (Å²) in [6.45, 7) is 4.13. The maximum Gasteiger partial charge on any atom is 0.258 e. The first kappa shape index (κ1) is 15.3. The number of anilines is 1. The van der Waals surface area contributed by atoms with Gasteiger partial charge in [0.1, 0.15) is 0 Å². The van der Waals surface area contributed by atoms with E-state index in [2.05, 4.69) is 29.4 Å². The molecule has 1 aromatic carbocycles. The van der Waals surface area contributed by atoms with Crippen LogP contribution >= 0.6 is 34.9 Å². The monoisotopic (exact) mass is 325 g/mol. The standard InChI is InChI=1S/C13H15N3OS3/c1-3-18-10-8-6-5-7-9(10)11(17)14-12-15-16-13(20-12)19-4-2/h5-8H,3-4H2,1-2H3,(H,14,15,17). The number of thioether (sulfide) groups is 2. The summed E-state index contributed by atoms with van der Waals surface area (Å²) in [4.78, 5) is 13.3. The summed E-state index contributed by atoms with van der Waals surface area (Å²) in [5.41, 5.74) is 0.680. The molecule has 20 heavy (non-hydrogen) atoms. The molecule has 0 aliphatic rings. The first-order valence-corrected chi connectivity index (χ1v) is 9.02. The smallest absolute Gasteiger partial charge is 0.258 e. The van der Waals surface area contributed by atoms with Crippen molar-refractivity contribution in [1.82, 2.24) is 10.2 Å². The quantitative estimate of drug-likeness (QED) is 0.642. The molecule has 1 N–H and O–H groups in total. The number of aromatic nitrogens is 2. The maximum atomic E-state index is 12.3. The average molecular weight is 325 g/mol. The Hall–Kier alpha value is -1.05. The van der Waals surface area contributed by atoms with Crippen LogP contribution in [0.5, 0.6) is 0 Å². The number of amides is 1. The van der Waals surface area contributed by atoms with Crippen molar-refractivity contribution < 1.29 is 4.79 Å². The fourth-order valence-electron chi connectivity index (χ4n) is 1.54. The number of hydrogen-bond acceptors (Lipinski definition) is 6. The van der Waals surface area contributed by atoms with Crippen LogP contribution in [0.1, 0.15) is 24.2 Å². The minimum absolute atomic E-state index is 0.134. The Morgan fingerprint density at radius 3 is 2.70 bits per heavy atom. The summed E-state index contributed by atoms with van der Waals surface area (Å²) in [6.07, 6.45) is 0. The number of rotatable bonds is 6. The van der Waals surface area contributed by atoms with Crippen LogP contribution in [0.15, 0.2) is 33.5 Å². The lowest BCUT2D eigenvalue weighted by atomic mass is 10.2. The molecule has 0 aliphatic heterocycles. The normalized spacial score (nSPS) is 10.5. The molecule has 4 nitrogen and oxygen atoms in total. The van der Waals surface area contributed by atoms with Crippen molar-refractivity contribution >= 4 is 45.9 Å². The average Bonchev–Trinajstić information content (AvgIpc) is 2.87. The molecule has 1 heterocycles. The van der Waals surface area contributed by atoms with E-state index in [0.29, 0.717) is 10.7 Å². The Morgan fingerprint density at radius 1 is 1.20 bits per heavy atom. The van der Waals surface area contributed by atoms with E-state index in [9.17, 15) is 4.79 Å². The van der Waals surface area contributed by atoms with E-state index in [-0.39, 0.29) is 5.91 Å². The second kappa shape index (κ2) is 7.66. The third-order valence-electron chi connectivity index (χ3n) is 2.33. The van der Waals surface area contributed by atoms with Crippen LogP contribution in [-0.2, 0) is 0 Å². The largest absolute Gasteiger partial charge is 0.296 e. The van der Waals surface area contributed by atoms with Crippen LogP contribution in [0.2, 0.25) is 0 Å². The molecule has 0 spiro atoms. The van der Waals surface area contributed by atoms with Gasteiger partial charge in [0.05, 0.1) is 5.56 Å². The van der Waals surface area contributed by atoms with Crippen molar-refractivity contribution in [3.8, 4) is 0 Å². The third-order valence-corrected chi connectivity index (χ3v) is 5.14. The van der Waals surface area contributed by atoms with Gasteiger partial charge >= 0.3 is 0 Å². The van der Waals surface area contributed by atoms with E-state index in [0.717, 1.165) is 20.7 Å². The van der Waals surface area contributed by atoms with E-state index in [1.165, 1.54) is 11.3 Å². The zero-order valence-electron chi connectivity index (χ0n) is 11.3. The van der Waals surface area contributed by atoms with Crippen LogP contribution in [0, 0.1) is 0 Å². The van der Waals surface area contributed by atoms with Gasteiger partial charge in [0.25, 0.3) is 5.91 Å². The highest BCUT2D eigenvalue weighted by Crippen LogP contribution is 2.27. The van der Waals surface area contributed by atoms with Gasteiger partial charge in [-0.25, -0.2) is 0 Å². The molecule has 0 atom stereocenters. The molecule has 106 valence electrons. The lowest BCUT2D eigenvalue weighted by molar-refractivity contribution is 0.102. The van der Waals surface area contributed by atoms with E-state index in [1.54, 1.807) is 23.5 Å². The van der Waals surface area contributed by atoms with Gasteiger partial charge < -0.3 is 0 Å². The number of carbonyl (C=O) groups excluding carboxylic acids is 1. The highest BCUT2D eigenvalue weighted by Gasteiger charge is 2.13. The van der Waals surface area contributed by atoms with Crippen LogP contribution in [-0.4, -0.2) is 27.6 Å². The van der Waals surface area contributed by atoms with Crippen molar-refractivity contribution in [2.24, 2.45) is 0 Å². The molecule has 0 unspecified atom stereocenters. The van der Waals surface area contributed by atoms with Crippen LogP contribution in [0.3, 0.4) is 0 Å². The molecule has 0 bridgehead atoms. The molecule has 0 saturated heterocycles. The predicted octanol–water partition coefficient (Wildman–Crippen LogP) is 4.01. The minimum Gasteiger partial charge on any atom is -0.296 e. The second-order valence-corrected chi connectivity index (χ2v) is 7.48. The number of carbonyl (C=O) groups is 1. The molecule has 0 saturated carbocycles. The van der Waals surface area contributed by atoms with Crippen molar-refractivity contribution in [2.45, 2.75) is 23.1 Å². The number of nitrogens with one attached hydrogen (secondary N) is 1. The van der Waals surface area contributed by atoms with E-state index < -0.39 is 0 Å². The number of nitrogens with zero attached hydrogens (tertiary/aromatic N) is 2. The molecule has 7 heteroatoms.